The summed E-state index contributed by atoms with van der Waals surface area (Å²) in [5, 5.41) is 2.99. The molecule has 1 aliphatic carbocycles. The number of ether oxygens (including phenoxy) is 1. The van der Waals surface area contributed by atoms with Gasteiger partial charge in [-0.1, -0.05) is 85.3 Å². The molecule has 3 saturated heterocycles. The number of piperidine rings is 1. The second kappa shape index (κ2) is 18.5. The molecular formula is C51H62N8O4. The fourth-order valence-electron chi connectivity index (χ4n) is 10.3. The van der Waals surface area contributed by atoms with E-state index in [1.165, 1.54) is 6.42 Å². The Bertz CT molecular complexity index is 2340. The van der Waals surface area contributed by atoms with Gasteiger partial charge in [-0.25, -0.2) is 14.8 Å². The van der Waals surface area contributed by atoms with Crippen LogP contribution < -0.4 is 5.32 Å². The number of rotatable bonds is 10. The van der Waals surface area contributed by atoms with Crippen molar-refractivity contribution in [1.82, 2.24) is 40.0 Å². The number of aromatic nitrogens is 4. The molecule has 0 unspecified atom stereocenters. The second-order valence-corrected chi connectivity index (χ2v) is 19.0. The number of carbonyl (C=O) groups is 3. The summed E-state index contributed by atoms with van der Waals surface area (Å²) in [6, 6.07) is 27.0. The summed E-state index contributed by atoms with van der Waals surface area (Å²) in [7, 11) is 0. The average molecular weight is 851 g/mol. The summed E-state index contributed by atoms with van der Waals surface area (Å²) in [6.07, 6.45) is 13.6. The molecule has 3 aromatic carbocycles. The Morgan fingerprint density at radius 3 is 1.71 bits per heavy atom. The standard InChI is InChI=1S/C51H62N8O4/c1-51(2,3)63-50(62)54-40-26-24-39(25-27-40)48(60)58-30-10-14-43(58)46-52-32-41(55-46)36-20-16-34(17-21-36)35-18-22-37(23-19-35)42-33-53-47(56-42)44-15-11-31-59(44)49(61)45(38-12-6-4-7-13-38)57-28-8-5-9-29-57/h4,6-7,12-13,16-23,32-33,39-40,43-45H,5,8-11,14-15,24-31H2,1-3H3,(H,52,55)(H,53,56)(H,54,62)/t39-,40+,43-,44-,45+/m0/s1. The van der Waals surface area contributed by atoms with Crippen LogP contribution >= 0.6 is 0 Å². The van der Waals surface area contributed by atoms with Crippen LogP contribution in [0.2, 0.25) is 0 Å². The molecule has 9 rings (SSSR count). The van der Waals surface area contributed by atoms with Gasteiger partial charge in [-0.15, -0.1) is 0 Å². The van der Waals surface area contributed by atoms with E-state index in [0.29, 0.717) is 0 Å². The summed E-state index contributed by atoms with van der Waals surface area (Å²) in [4.78, 5) is 63.7. The van der Waals surface area contributed by atoms with Crippen molar-refractivity contribution >= 4 is 17.9 Å². The van der Waals surface area contributed by atoms with E-state index in [-0.39, 0.29) is 41.9 Å². The molecule has 63 heavy (non-hydrogen) atoms. The van der Waals surface area contributed by atoms with Crippen molar-refractivity contribution in [2.45, 2.75) is 121 Å². The zero-order valence-electron chi connectivity index (χ0n) is 37.0. The molecule has 12 heteroatoms. The maximum absolute atomic E-state index is 14.4. The minimum absolute atomic E-state index is 0.0317. The van der Waals surface area contributed by atoms with E-state index in [2.05, 4.69) is 85.7 Å². The Labute approximate surface area is 371 Å². The van der Waals surface area contributed by atoms with Gasteiger partial charge in [0.25, 0.3) is 0 Å². The molecule has 0 spiro atoms. The Morgan fingerprint density at radius 2 is 1.16 bits per heavy atom. The molecule has 3 amide bonds. The van der Waals surface area contributed by atoms with Crippen LogP contribution in [0.15, 0.2) is 91.3 Å². The summed E-state index contributed by atoms with van der Waals surface area (Å²) in [6.45, 7) is 8.96. The van der Waals surface area contributed by atoms with Crippen molar-refractivity contribution < 1.29 is 19.1 Å². The van der Waals surface area contributed by atoms with E-state index >= 15 is 0 Å². The average Bonchev–Trinajstić information content (AvgIpc) is 4.14. The first kappa shape index (κ1) is 42.5. The highest BCUT2D eigenvalue weighted by Gasteiger charge is 2.40. The number of benzene rings is 3. The molecule has 0 bridgehead atoms. The third kappa shape index (κ3) is 9.61. The first-order valence-electron chi connectivity index (χ1n) is 23.3. The van der Waals surface area contributed by atoms with E-state index in [9.17, 15) is 14.4 Å². The van der Waals surface area contributed by atoms with E-state index in [1.807, 2.05) is 56.3 Å². The molecule has 0 radical (unpaired) electrons. The summed E-state index contributed by atoms with van der Waals surface area (Å²) in [5.74, 6) is 2.02. The number of nitrogens with one attached hydrogen (secondary N) is 3. The number of imidazole rings is 2. The van der Waals surface area contributed by atoms with Gasteiger partial charge in [-0.05, 0) is 126 Å². The van der Waals surface area contributed by atoms with Crippen LogP contribution in [0.4, 0.5) is 4.79 Å². The number of nitrogens with zero attached hydrogens (tertiary/aromatic N) is 5. The number of amides is 3. The summed E-state index contributed by atoms with van der Waals surface area (Å²) < 4.78 is 5.43. The molecule has 3 N–H and O–H groups in total. The monoisotopic (exact) mass is 850 g/mol. The van der Waals surface area contributed by atoms with E-state index in [4.69, 9.17) is 14.7 Å². The smallest absolute Gasteiger partial charge is 0.407 e. The minimum Gasteiger partial charge on any atom is -0.444 e. The largest absolute Gasteiger partial charge is 0.444 e. The molecule has 4 fully saturated rings. The number of likely N-dealkylation sites (tertiary alicyclic amines) is 3. The van der Waals surface area contributed by atoms with Crippen molar-refractivity contribution in [2.24, 2.45) is 5.92 Å². The van der Waals surface area contributed by atoms with Crippen molar-refractivity contribution in [3.05, 3.63) is 108 Å². The van der Waals surface area contributed by atoms with Crippen LogP contribution in [-0.4, -0.2) is 90.4 Å². The van der Waals surface area contributed by atoms with Gasteiger partial charge in [0.2, 0.25) is 11.8 Å². The first-order valence-corrected chi connectivity index (χ1v) is 23.3. The van der Waals surface area contributed by atoms with Crippen LogP contribution in [0.25, 0.3) is 33.6 Å². The molecule has 12 nitrogen and oxygen atoms in total. The highest BCUT2D eigenvalue weighted by Crippen LogP contribution is 2.38. The fourth-order valence-corrected chi connectivity index (χ4v) is 10.3. The normalized spacial score (nSPS) is 22.5. The van der Waals surface area contributed by atoms with Crippen molar-refractivity contribution in [3.8, 4) is 33.6 Å². The maximum atomic E-state index is 14.4. The van der Waals surface area contributed by atoms with Crippen LogP contribution in [0.1, 0.15) is 127 Å². The van der Waals surface area contributed by atoms with E-state index < -0.39 is 11.7 Å². The topological polar surface area (TPSA) is 140 Å². The lowest BCUT2D eigenvalue weighted by Gasteiger charge is -2.37. The van der Waals surface area contributed by atoms with Crippen LogP contribution in [0.5, 0.6) is 0 Å². The molecule has 5 aromatic rings. The third-order valence-corrected chi connectivity index (χ3v) is 13.5. The van der Waals surface area contributed by atoms with Gasteiger partial charge in [-0.2, -0.15) is 0 Å². The molecule has 3 aliphatic heterocycles. The number of aromatic amines is 2. The van der Waals surface area contributed by atoms with Crippen LogP contribution in [-0.2, 0) is 14.3 Å². The molecule has 5 heterocycles. The number of carbonyl (C=O) groups excluding carboxylic acids is 3. The predicted octanol–water partition coefficient (Wildman–Crippen LogP) is 9.77. The second-order valence-electron chi connectivity index (χ2n) is 19.0. The van der Waals surface area contributed by atoms with Gasteiger partial charge in [0.05, 0.1) is 35.9 Å². The lowest BCUT2D eigenvalue weighted by atomic mass is 9.85. The molecule has 2 aromatic heterocycles. The number of alkyl carbamates (subject to hydrolysis) is 1. The van der Waals surface area contributed by atoms with Gasteiger partial charge in [-0.3, -0.25) is 14.5 Å². The lowest BCUT2D eigenvalue weighted by Crippen LogP contribution is -2.44. The molecular weight excluding hydrogens is 789 g/mol. The fraction of sp³-hybridized carbons (Fsp3) is 0.471. The Morgan fingerprint density at radius 1 is 0.635 bits per heavy atom. The van der Waals surface area contributed by atoms with Crippen LogP contribution in [0.3, 0.4) is 0 Å². The highest BCUT2D eigenvalue weighted by atomic mass is 16.6. The van der Waals surface area contributed by atoms with Gasteiger partial charge >= 0.3 is 6.09 Å². The maximum Gasteiger partial charge on any atom is 0.407 e. The molecule has 330 valence electrons. The molecule has 4 aliphatic rings. The van der Waals surface area contributed by atoms with Gasteiger partial charge in [0.1, 0.15) is 23.3 Å². The molecule has 1 saturated carbocycles. The number of H-pyrrole nitrogens is 2. The van der Waals surface area contributed by atoms with Gasteiger partial charge in [0.15, 0.2) is 0 Å². The zero-order valence-corrected chi connectivity index (χ0v) is 37.0. The van der Waals surface area contributed by atoms with Gasteiger partial charge in [0, 0.05) is 25.0 Å². The zero-order chi connectivity index (χ0) is 43.5. The van der Waals surface area contributed by atoms with Crippen LogP contribution in [0, 0.1) is 5.92 Å². The Hall–Kier alpha value is -5.75. The first-order chi connectivity index (χ1) is 30.6. The van der Waals surface area contributed by atoms with Crippen molar-refractivity contribution in [1.29, 1.82) is 0 Å². The lowest BCUT2D eigenvalue weighted by molar-refractivity contribution is -0.139. The van der Waals surface area contributed by atoms with Crippen molar-refractivity contribution in [2.75, 3.05) is 26.2 Å². The number of hydrogen-bond acceptors (Lipinski definition) is 7. The Kier molecular flexibility index (Phi) is 12.5. The van der Waals surface area contributed by atoms with E-state index in [0.717, 1.165) is 141 Å². The molecule has 3 atom stereocenters. The van der Waals surface area contributed by atoms with E-state index in [1.54, 1.807) is 0 Å². The number of hydrogen-bond donors (Lipinski definition) is 3. The Balaban J connectivity index is 0.811. The minimum atomic E-state index is -0.537. The predicted molar refractivity (Wildman–Crippen MR) is 244 cm³/mol. The summed E-state index contributed by atoms with van der Waals surface area (Å²) in [5.41, 5.74) is 6.72. The summed E-state index contributed by atoms with van der Waals surface area (Å²) >= 11 is 0. The third-order valence-electron chi connectivity index (χ3n) is 13.5. The van der Waals surface area contributed by atoms with Crippen molar-refractivity contribution in [3.63, 3.8) is 0 Å². The van der Waals surface area contributed by atoms with Gasteiger partial charge < -0.3 is 29.8 Å². The quantitative estimate of drug-likeness (QED) is 0.127. The SMILES string of the molecule is CC(C)(C)OC(=O)N[C@H]1CC[C@@H](C(=O)N2CCC[C@H]2c2ncc(-c3ccc(-c4ccc(-c5cnc([C@@H]6CCCN6C(=O)[C@@H](c6ccccc6)N6CCCCC6)[nH]5)cc4)cc3)[nH]2)CC1. The highest BCUT2D eigenvalue weighted by molar-refractivity contribution is 5.84.